The van der Waals surface area contributed by atoms with E-state index >= 15 is 0 Å². The summed E-state index contributed by atoms with van der Waals surface area (Å²) in [6.07, 6.45) is 6.69. The van der Waals surface area contributed by atoms with Crippen LogP contribution in [0.3, 0.4) is 0 Å². The van der Waals surface area contributed by atoms with E-state index in [9.17, 15) is 8.42 Å². The molecule has 5 nitrogen and oxygen atoms in total. The maximum atomic E-state index is 12.9. The first-order chi connectivity index (χ1) is 9.47. The van der Waals surface area contributed by atoms with E-state index in [4.69, 9.17) is 11.6 Å². The highest BCUT2D eigenvalue weighted by molar-refractivity contribution is 8.02. The van der Waals surface area contributed by atoms with Gasteiger partial charge in [0.1, 0.15) is 5.15 Å². The van der Waals surface area contributed by atoms with Crippen LogP contribution in [0.25, 0.3) is 0 Å². The number of thioether (sulfide) groups is 1. The van der Waals surface area contributed by atoms with Gasteiger partial charge in [-0.1, -0.05) is 30.9 Å². The molecule has 0 atom stereocenters. The third-order valence-corrected chi connectivity index (χ3v) is 8.25. The van der Waals surface area contributed by atoms with Crippen molar-refractivity contribution in [3.05, 3.63) is 11.5 Å². The molecule has 20 heavy (non-hydrogen) atoms. The summed E-state index contributed by atoms with van der Waals surface area (Å²) in [5.74, 6) is 0.851. The van der Waals surface area contributed by atoms with Crippen molar-refractivity contribution in [1.29, 1.82) is 0 Å². The molecule has 3 rings (SSSR count). The van der Waals surface area contributed by atoms with Crippen LogP contribution in [0.4, 0.5) is 0 Å². The monoisotopic (exact) mass is 335 g/mol. The van der Waals surface area contributed by atoms with Gasteiger partial charge < -0.3 is 4.57 Å². The average molecular weight is 336 g/mol. The predicted molar refractivity (Wildman–Crippen MR) is 80.4 cm³/mol. The van der Waals surface area contributed by atoms with Crippen molar-refractivity contribution in [2.45, 2.75) is 42.0 Å². The van der Waals surface area contributed by atoms with E-state index in [0.717, 1.165) is 31.4 Å². The Morgan fingerprint density at radius 2 is 2.05 bits per heavy atom. The molecule has 0 aromatic carbocycles. The van der Waals surface area contributed by atoms with Gasteiger partial charge in [0.25, 0.3) is 10.0 Å². The zero-order valence-corrected chi connectivity index (χ0v) is 13.8. The minimum absolute atomic E-state index is 0.00545. The Balaban J connectivity index is 2.00. The lowest BCUT2D eigenvalue weighted by atomic mass is 9.95. The first-order valence-electron chi connectivity index (χ1n) is 6.81. The minimum atomic E-state index is -3.61. The van der Waals surface area contributed by atoms with Gasteiger partial charge in [-0.2, -0.15) is 4.31 Å². The first kappa shape index (κ1) is 14.7. The molecule has 1 aliphatic carbocycles. The van der Waals surface area contributed by atoms with Gasteiger partial charge >= 0.3 is 0 Å². The Hall–Kier alpha value is -0.240. The van der Waals surface area contributed by atoms with Gasteiger partial charge in [0.15, 0.2) is 0 Å². The molecular weight excluding hydrogens is 318 g/mol. The lowest BCUT2D eigenvalue weighted by molar-refractivity contribution is 0.243. The lowest BCUT2D eigenvalue weighted by Gasteiger charge is -2.39. The van der Waals surface area contributed by atoms with E-state index < -0.39 is 10.0 Å². The van der Waals surface area contributed by atoms with Crippen molar-refractivity contribution in [1.82, 2.24) is 13.9 Å². The summed E-state index contributed by atoms with van der Waals surface area (Å²) in [6.45, 7) is 0.555. The molecule has 1 spiro atoms. The van der Waals surface area contributed by atoms with Crippen molar-refractivity contribution < 1.29 is 8.42 Å². The fraction of sp³-hybridized carbons (Fsp3) is 0.750. The quantitative estimate of drug-likeness (QED) is 0.833. The van der Waals surface area contributed by atoms with Crippen LogP contribution in [0, 0.1) is 0 Å². The van der Waals surface area contributed by atoms with Gasteiger partial charge in [0.05, 0.1) is 11.2 Å². The molecule has 1 saturated heterocycles. The van der Waals surface area contributed by atoms with Gasteiger partial charge in [0, 0.05) is 19.3 Å². The van der Waals surface area contributed by atoms with E-state index in [1.165, 1.54) is 17.3 Å². The summed E-state index contributed by atoms with van der Waals surface area (Å²) < 4.78 is 29.0. The maximum Gasteiger partial charge on any atom is 0.264 e. The van der Waals surface area contributed by atoms with E-state index in [-0.39, 0.29) is 15.1 Å². The van der Waals surface area contributed by atoms with Crippen LogP contribution in [0.2, 0.25) is 5.15 Å². The minimum Gasteiger partial charge on any atom is -0.324 e. The largest absolute Gasteiger partial charge is 0.324 e. The number of aryl methyl sites for hydroxylation is 1. The maximum absolute atomic E-state index is 12.9. The molecule has 1 saturated carbocycles. The number of sulfonamides is 1. The van der Waals surface area contributed by atoms with Crippen LogP contribution < -0.4 is 0 Å². The fourth-order valence-corrected chi connectivity index (χ4v) is 7.22. The number of rotatable bonds is 2. The van der Waals surface area contributed by atoms with Crippen LogP contribution >= 0.6 is 23.4 Å². The molecule has 0 radical (unpaired) electrons. The molecule has 8 heteroatoms. The van der Waals surface area contributed by atoms with Crippen LogP contribution in [-0.4, -0.2) is 39.4 Å². The second-order valence-corrected chi connectivity index (χ2v) is 8.98. The predicted octanol–water partition coefficient (Wildman–Crippen LogP) is 2.47. The fourth-order valence-electron chi connectivity index (χ4n) is 3.10. The Morgan fingerprint density at radius 3 is 2.65 bits per heavy atom. The molecule has 1 aromatic heterocycles. The molecule has 2 heterocycles. The van der Waals surface area contributed by atoms with E-state index in [1.54, 1.807) is 23.1 Å². The molecule has 1 aliphatic heterocycles. The molecule has 112 valence electrons. The third-order valence-electron chi connectivity index (χ3n) is 4.12. The normalized spacial score (nSPS) is 23.5. The summed E-state index contributed by atoms with van der Waals surface area (Å²) >= 11 is 7.86. The van der Waals surface area contributed by atoms with Gasteiger partial charge in [-0.15, -0.1) is 11.8 Å². The zero-order chi connectivity index (χ0) is 14.4. The van der Waals surface area contributed by atoms with Crippen LogP contribution in [0.1, 0.15) is 32.1 Å². The molecule has 0 bridgehead atoms. The van der Waals surface area contributed by atoms with Crippen molar-refractivity contribution in [3.8, 4) is 0 Å². The van der Waals surface area contributed by atoms with E-state index in [0.29, 0.717) is 6.54 Å². The summed E-state index contributed by atoms with van der Waals surface area (Å²) in [6, 6.07) is 0. The first-order valence-corrected chi connectivity index (χ1v) is 9.61. The highest BCUT2D eigenvalue weighted by Crippen LogP contribution is 2.49. The highest BCUT2D eigenvalue weighted by atomic mass is 35.5. The molecule has 2 fully saturated rings. The van der Waals surface area contributed by atoms with Gasteiger partial charge in [-0.25, -0.2) is 13.4 Å². The van der Waals surface area contributed by atoms with Crippen LogP contribution in [0.15, 0.2) is 11.4 Å². The van der Waals surface area contributed by atoms with Gasteiger partial charge in [-0.05, 0) is 12.8 Å². The summed E-state index contributed by atoms with van der Waals surface area (Å²) in [5.41, 5.74) is 0. The topological polar surface area (TPSA) is 55.2 Å². The Labute approximate surface area is 128 Å². The Kier molecular flexibility index (Phi) is 3.81. The molecule has 0 unspecified atom stereocenters. The number of imidazole rings is 1. The molecule has 0 amide bonds. The summed E-state index contributed by atoms with van der Waals surface area (Å²) in [4.78, 5) is 3.74. The third kappa shape index (κ3) is 2.19. The number of nitrogens with zero attached hydrogens (tertiary/aromatic N) is 3. The van der Waals surface area contributed by atoms with E-state index in [2.05, 4.69) is 4.98 Å². The van der Waals surface area contributed by atoms with Crippen molar-refractivity contribution >= 4 is 33.4 Å². The average Bonchev–Trinajstić information content (AvgIpc) is 2.97. The smallest absolute Gasteiger partial charge is 0.264 e. The van der Waals surface area contributed by atoms with Crippen molar-refractivity contribution in [2.24, 2.45) is 7.05 Å². The summed E-state index contributed by atoms with van der Waals surface area (Å²) in [7, 11) is -1.91. The SMILES string of the molecule is Cn1cnc(S(=O)(=O)N2CCSC23CCCCC3)c1Cl. The molecule has 0 N–H and O–H groups in total. The summed E-state index contributed by atoms with van der Waals surface area (Å²) in [5, 5.41) is 0.182. The number of aromatic nitrogens is 2. The second kappa shape index (κ2) is 5.19. The highest BCUT2D eigenvalue weighted by Gasteiger charge is 2.49. The molecule has 2 aliphatic rings. The zero-order valence-electron chi connectivity index (χ0n) is 11.4. The standard InChI is InChI=1S/C12H18ClN3O2S2/c1-15-9-14-11(10(15)13)20(17,18)16-7-8-19-12(16)5-3-2-4-6-12/h9H,2-8H2,1H3. The van der Waals surface area contributed by atoms with Crippen LogP contribution in [-0.2, 0) is 17.1 Å². The van der Waals surface area contributed by atoms with Crippen LogP contribution in [0.5, 0.6) is 0 Å². The van der Waals surface area contributed by atoms with Crippen molar-refractivity contribution in [3.63, 3.8) is 0 Å². The molecular formula is C12H18ClN3O2S2. The van der Waals surface area contributed by atoms with Gasteiger partial charge in [0.2, 0.25) is 5.03 Å². The van der Waals surface area contributed by atoms with E-state index in [1.807, 2.05) is 0 Å². The number of halogens is 1. The van der Waals surface area contributed by atoms with Gasteiger partial charge in [-0.3, -0.25) is 0 Å². The molecule has 1 aromatic rings. The second-order valence-electron chi connectivity index (χ2n) is 5.38. The lowest BCUT2D eigenvalue weighted by Crippen LogP contribution is -2.46. The number of hydrogen-bond acceptors (Lipinski definition) is 4. The number of hydrogen-bond donors (Lipinski definition) is 0. The Morgan fingerprint density at radius 1 is 1.35 bits per heavy atom. The van der Waals surface area contributed by atoms with Crippen molar-refractivity contribution in [2.75, 3.05) is 12.3 Å². The Bertz CT molecular complexity index is 608.